The summed E-state index contributed by atoms with van der Waals surface area (Å²) in [5.41, 5.74) is 2.48. The minimum absolute atomic E-state index is 0.0124. The van der Waals surface area contributed by atoms with E-state index in [2.05, 4.69) is 24.8 Å². The molecule has 2 unspecified atom stereocenters. The van der Waals surface area contributed by atoms with E-state index in [1.807, 2.05) is 12.1 Å². The van der Waals surface area contributed by atoms with Crippen molar-refractivity contribution in [1.82, 2.24) is 0 Å². The third-order valence-electron chi connectivity index (χ3n) is 3.81. The van der Waals surface area contributed by atoms with E-state index in [0.717, 1.165) is 23.7 Å². The normalized spacial score (nSPS) is 23.8. The van der Waals surface area contributed by atoms with E-state index in [1.54, 1.807) is 6.07 Å². The molecule has 0 radical (unpaired) electrons. The van der Waals surface area contributed by atoms with Gasteiger partial charge in [-0.15, -0.1) is 0 Å². The summed E-state index contributed by atoms with van der Waals surface area (Å²) in [6.07, 6.45) is 2.35. The fourth-order valence-corrected chi connectivity index (χ4v) is 2.79. The van der Waals surface area contributed by atoms with E-state index >= 15 is 0 Å². The lowest BCUT2D eigenvalue weighted by atomic mass is 9.92. The quantitative estimate of drug-likeness (QED) is 0.870. The average molecular weight is 244 g/mol. The van der Waals surface area contributed by atoms with Gasteiger partial charge in [0, 0.05) is 12.6 Å². The maximum Gasteiger partial charge on any atom is 0.101 e. The molecule has 1 aromatic carbocycles. The SMILES string of the molecule is CC1CCN(c2ccc(CO)cc2C#N)C(C)C1. The Hall–Kier alpha value is -1.53. The van der Waals surface area contributed by atoms with Gasteiger partial charge in [-0.2, -0.15) is 5.26 Å². The molecule has 1 fully saturated rings. The molecule has 3 nitrogen and oxygen atoms in total. The summed E-state index contributed by atoms with van der Waals surface area (Å²) >= 11 is 0. The number of nitriles is 1. The summed E-state index contributed by atoms with van der Waals surface area (Å²) in [4.78, 5) is 2.32. The lowest BCUT2D eigenvalue weighted by Gasteiger charge is -2.38. The van der Waals surface area contributed by atoms with Crippen LogP contribution >= 0.6 is 0 Å². The molecular formula is C15H20N2O. The summed E-state index contributed by atoms with van der Waals surface area (Å²) < 4.78 is 0. The van der Waals surface area contributed by atoms with Crippen LogP contribution in [0.25, 0.3) is 0 Å². The number of nitrogens with zero attached hydrogens (tertiary/aromatic N) is 2. The number of hydrogen-bond acceptors (Lipinski definition) is 3. The summed E-state index contributed by atoms with van der Waals surface area (Å²) in [6.45, 7) is 5.50. The Bertz CT molecular complexity index is 464. The van der Waals surface area contributed by atoms with Crippen LogP contribution in [0.1, 0.15) is 37.8 Å². The number of benzene rings is 1. The second-order valence-electron chi connectivity index (χ2n) is 5.29. The molecule has 0 aliphatic carbocycles. The van der Waals surface area contributed by atoms with E-state index in [9.17, 15) is 5.26 Å². The van der Waals surface area contributed by atoms with Crippen LogP contribution in [-0.2, 0) is 6.61 Å². The van der Waals surface area contributed by atoms with Crippen molar-refractivity contribution in [2.45, 2.75) is 39.3 Å². The number of rotatable bonds is 2. The Morgan fingerprint density at radius 1 is 1.44 bits per heavy atom. The van der Waals surface area contributed by atoms with Gasteiger partial charge in [0.1, 0.15) is 6.07 Å². The van der Waals surface area contributed by atoms with Crippen molar-refractivity contribution in [3.05, 3.63) is 29.3 Å². The summed E-state index contributed by atoms with van der Waals surface area (Å²) in [6, 6.07) is 8.38. The van der Waals surface area contributed by atoms with Crippen molar-refractivity contribution in [3.63, 3.8) is 0 Å². The third-order valence-corrected chi connectivity index (χ3v) is 3.81. The highest BCUT2D eigenvalue weighted by Crippen LogP contribution is 2.30. The van der Waals surface area contributed by atoms with Crippen LogP contribution in [0.2, 0.25) is 0 Å². The fraction of sp³-hybridized carbons (Fsp3) is 0.533. The molecule has 1 heterocycles. The largest absolute Gasteiger partial charge is 0.392 e. The topological polar surface area (TPSA) is 47.3 Å². The smallest absolute Gasteiger partial charge is 0.101 e. The Kier molecular flexibility index (Phi) is 3.88. The average Bonchev–Trinajstić information content (AvgIpc) is 2.38. The molecule has 1 aliphatic rings. The van der Waals surface area contributed by atoms with Crippen LogP contribution < -0.4 is 4.90 Å². The van der Waals surface area contributed by atoms with Gasteiger partial charge in [0.25, 0.3) is 0 Å². The Morgan fingerprint density at radius 3 is 2.83 bits per heavy atom. The summed E-state index contributed by atoms with van der Waals surface area (Å²) in [7, 11) is 0. The highest BCUT2D eigenvalue weighted by atomic mass is 16.3. The highest BCUT2D eigenvalue weighted by Gasteiger charge is 2.24. The van der Waals surface area contributed by atoms with Crippen LogP contribution in [0, 0.1) is 17.2 Å². The maximum atomic E-state index is 9.25. The zero-order chi connectivity index (χ0) is 13.1. The Morgan fingerprint density at radius 2 is 2.22 bits per heavy atom. The first kappa shape index (κ1) is 12.9. The molecule has 3 heteroatoms. The summed E-state index contributed by atoms with van der Waals surface area (Å²) in [5.74, 6) is 0.763. The molecule has 0 bridgehead atoms. The Labute approximate surface area is 109 Å². The molecule has 96 valence electrons. The molecule has 0 aromatic heterocycles. The van der Waals surface area contributed by atoms with Crippen molar-refractivity contribution in [2.75, 3.05) is 11.4 Å². The van der Waals surface area contributed by atoms with Crippen molar-refractivity contribution >= 4 is 5.69 Å². The van der Waals surface area contributed by atoms with E-state index < -0.39 is 0 Å². The van der Waals surface area contributed by atoms with Gasteiger partial charge in [-0.3, -0.25) is 0 Å². The number of aliphatic hydroxyl groups excluding tert-OH is 1. The first-order valence-corrected chi connectivity index (χ1v) is 6.56. The zero-order valence-corrected chi connectivity index (χ0v) is 11.1. The van der Waals surface area contributed by atoms with Gasteiger partial charge in [-0.05, 0) is 43.4 Å². The van der Waals surface area contributed by atoms with Gasteiger partial charge >= 0.3 is 0 Å². The lowest BCUT2D eigenvalue weighted by molar-refractivity contribution is 0.282. The van der Waals surface area contributed by atoms with Gasteiger partial charge in [-0.25, -0.2) is 0 Å². The molecule has 1 aliphatic heterocycles. The van der Waals surface area contributed by atoms with Crippen LogP contribution in [0.4, 0.5) is 5.69 Å². The highest BCUT2D eigenvalue weighted by molar-refractivity contribution is 5.61. The van der Waals surface area contributed by atoms with E-state index in [0.29, 0.717) is 11.6 Å². The van der Waals surface area contributed by atoms with Crippen molar-refractivity contribution in [1.29, 1.82) is 5.26 Å². The predicted octanol–water partition coefficient (Wildman–Crippen LogP) is 2.68. The zero-order valence-electron chi connectivity index (χ0n) is 11.1. The first-order valence-electron chi connectivity index (χ1n) is 6.56. The predicted molar refractivity (Wildman–Crippen MR) is 72.3 cm³/mol. The monoisotopic (exact) mass is 244 g/mol. The van der Waals surface area contributed by atoms with E-state index in [4.69, 9.17) is 5.11 Å². The molecule has 2 atom stereocenters. The molecule has 1 saturated heterocycles. The van der Waals surface area contributed by atoms with Gasteiger partial charge in [-0.1, -0.05) is 13.0 Å². The van der Waals surface area contributed by atoms with Crippen molar-refractivity contribution in [3.8, 4) is 6.07 Å². The molecular weight excluding hydrogens is 224 g/mol. The van der Waals surface area contributed by atoms with Gasteiger partial charge in [0.2, 0.25) is 0 Å². The molecule has 0 saturated carbocycles. The second-order valence-corrected chi connectivity index (χ2v) is 5.29. The van der Waals surface area contributed by atoms with Crippen LogP contribution in [0.15, 0.2) is 18.2 Å². The standard InChI is InChI=1S/C15H20N2O/c1-11-5-6-17(12(2)7-11)15-4-3-13(10-18)8-14(15)9-16/h3-4,8,11-12,18H,5-7,10H2,1-2H3. The van der Waals surface area contributed by atoms with Crippen LogP contribution in [-0.4, -0.2) is 17.7 Å². The minimum Gasteiger partial charge on any atom is -0.392 e. The number of piperidine rings is 1. The number of hydrogen-bond donors (Lipinski definition) is 1. The Balaban J connectivity index is 2.30. The van der Waals surface area contributed by atoms with E-state index in [1.165, 1.54) is 12.8 Å². The van der Waals surface area contributed by atoms with Gasteiger partial charge in [0.15, 0.2) is 0 Å². The fourth-order valence-electron chi connectivity index (χ4n) is 2.79. The van der Waals surface area contributed by atoms with Gasteiger partial charge < -0.3 is 10.0 Å². The third kappa shape index (κ3) is 2.49. The van der Waals surface area contributed by atoms with Crippen LogP contribution in [0.5, 0.6) is 0 Å². The van der Waals surface area contributed by atoms with Crippen LogP contribution in [0.3, 0.4) is 0 Å². The number of anilines is 1. The van der Waals surface area contributed by atoms with Crippen molar-refractivity contribution < 1.29 is 5.11 Å². The van der Waals surface area contributed by atoms with E-state index in [-0.39, 0.29) is 6.61 Å². The minimum atomic E-state index is -0.0124. The molecule has 0 spiro atoms. The lowest BCUT2D eigenvalue weighted by Crippen LogP contribution is -2.40. The molecule has 18 heavy (non-hydrogen) atoms. The maximum absolute atomic E-state index is 9.25. The first-order chi connectivity index (χ1) is 8.65. The molecule has 1 N–H and O–H groups in total. The second kappa shape index (κ2) is 5.41. The molecule has 2 rings (SSSR count). The summed E-state index contributed by atoms with van der Waals surface area (Å²) in [5, 5.41) is 18.4. The molecule has 1 aromatic rings. The van der Waals surface area contributed by atoms with Gasteiger partial charge in [0.05, 0.1) is 17.9 Å². The van der Waals surface area contributed by atoms with Crippen molar-refractivity contribution in [2.24, 2.45) is 5.92 Å². The number of aliphatic hydroxyl groups is 1. The molecule has 0 amide bonds.